The molecular formula is C18H17F4N3. The van der Waals surface area contributed by atoms with Crippen molar-refractivity contribution in [2.75, 3.05) is 13.1 Å². The summed E-state index contributed by atoms with van der Waals surface area (Å²) < 4.78 is 52.7. The monoisotopic (exact) mass is 351 g/mol. The minimum atomic E-state index is -0.917. The molecule has 2 aromatic rings. The lowest BCUT2D eigenvalue weighted by atomic mass is 10.1. The van der Waals surface area contributed by atoms with E-state index in [4.69, 9.17) is 5.41 Å². The van der Waals surface area contributed by atoms with Gasteiger partial charge in [-0.05, 0) is 41.8 Å². The molecule has 0 unspecified atom stereocenters. The summed E-state index contributed by atoms with van der Waals surface area (Å²) in [6.45, 7) is 1.80. The van der Waals surface area contributed by atoms with Crippen LogP contribution in [0.3, 0.4) is 0 Å². The number of hydrogen-bond acceptors (Lipinski definition) is 1. The Bertz CT molecular complexity index is 730. The van der Waals surface area contributed by atoms with Gasteiger partial charge in [0.1, 0.15) is 0 Å². The van der Waals surface area contributed by atoms with Gasteiger partial charge in [-0.1, -0.05) is 12.1 Å². The summed E-state index contributed by atoms with van der Waals surface area (Å²) in [7, 11) is 0. The van der Waals surface area contributed by atoms with Crippen molar-refractivity contribution in [2.45, 2.75) is 19.5 Å². The average molecular weight is 351 g/mol. The van der Waals surface area contributed by atoms with Gasteiger partial charge in [0.2, 0.25) is 0 Å². The zero-order valence-corrected chi connectivity index (χ0v) is 13.4. The fourth-order valence-electron chi connectivity index (χ4n) is 2.89. The van der Waals surface area contributed by atoms with Crippen LogP contribution in [0.15, 0.2) is 36.4 Å². The molecule has 0 radical (unpaired) electrons. The van der Waals surface area contributed by atoms with Crippen molar-refractivity contribution in [3.63, 3.8) is 0 Å². The first-order valence-corrected chi connectivity index (χ1v) is 7.90. The van der Waals surface area contributed by atoms with E-state index in [0.717, 1.165) is 30.7 Å². The molecule has 3 rings (SSSR count). The van der Waals surface area contributed by atoms with Gasteiger partial charge in [-0.3, -0.25) is 5.41 Å². The molecule has 2 aromatic carbocycles. The predicted octanol–water partition coefficient (Wildman–Crippen LogP) is 3.89. The molecule has 1 aliphatic rings. The highest BCUT2D eigenvalue weighted by Crippen LogP contribution is 2.18. The number of guanidine groups is 1. The Labute approximate surface area is 143 Å². The zero-order chi connectivity index (χ0) is 18.0. The van der Waals surface area contributed by atoms with E-state index in [1.807, 2.05) is 0 Å². The summed E-state index contributed by atoms with van der Waals surface area (Å²) in [4.78, 5) is 3.49. The maximum absolute atomic E-state index is 13.3. The summed E-state index contributed by atoms with van der Waals surface area (Å²) in [5.74, 6) is -3.42. The zero-order valence-electron chi connectivity index (χ0n) is 13.4. The number of hydrogen-bond donors (Lipinski definition) is 1. The van der Waals surface area contributed by atoms with Crippen molar-refractivity contribution in [3.05, 3.63) is 70.8 Å². The number of benzene rings is 2. The summed E-state index contributed by atoms with van der Waals surface area (Å²) in [6.07, 6.45) is 0.774. The third kappa shape index (κ3) is 3.92. The first kappa shape index (κ1) is 17.3. The molecule has 0 aromatic heterocycles. The van der Waals surface area contributed by atoms with Crippen molar-refractivity contribution in [1.82, 2.24) is 9.80 Å². The van der Waals surface area contributed by atoms with Crippen LogP contribution in [0, 0.1) is 28.7 Å². The van der Waals surface area contributed by atoms with Crippen molar-refractivity contribution in [2.24, 2.45) is 0 Å². The quantitative estimate of drug-likeness (QED) is 0.848. The van der Waals surface area contributed by atoms with Gasteiger partial charge in [0.15, 0.2) is 29.2 Å². The minimum absolute atomic E-state index is 0.223. The normalized spacial score (nSPS) is 15.0. The summed E-state index contributed by atoms with van der Waals surface area (Å²) in [6, 6.07) is 7.35. The van der Waals surface area contributed by atoms with Crippen LogP contribution in [0.25, 0.3) is 0 Å². The molecule has 0 atom stereocenters. The van der Waals surface area contributed by atoms with Crippen LogP contribution in [0.4, 0.5) is 17.6 Å². The second-order valence-electron chi connectivity index (χ2n) is 6.02. The van der Waals surface area contributed by atoms with Crippen LogP contribution >= 0.6 is 0 Å². The molecule has 0 bridgehead atoms. The Balaban J connectivity index is 1.69. The van der Waals surface area contributed by atoms with Gasteiger partial charge in [-0.15, -0.1) is 0 Å². The van der Waals surface area contributed by atoms with Crippen LogP contribution in [-0.4, -0.2) is 28.8 Å². The fourth-order valence-corrected chi connectivity index (χ4v) is 2.89. The highest BCUT2D eigenvalue weighted by atomic mass is 19.2. The van der Waals surface area contributed by atoms with Crippen LogP contribution in [0.5, 0.6) is 0 Å². The topological polar surface area (TPSA) is 30.3 Å². The van der Waals surface area contributed by atoms with E-state index >= 15 is 0 Å². The molecule has 132 valence electrons. The molecule has 1 fully saturated rings. The van der Waals surface area contributed by atoms with Crippen LogP contribution in [0.1, 0.15) is 17.5 Å². The molecule has 1 heterocycles. The maximum Gasteiger partial charge on any atom is 0.194 e. The first-order chi connectivity index (χ1) is 11.9. The van der Waals surface area contributed by atoms with Crippen molar-refractivity contribution >= 4 is 5.96 Å². The lowest BCUT2D eigenvalue weighted by Gasteiger charge is -2.38. The van der Waals surface area contributed by atoms with Gasteiger partial charge in [-0.25, -0.2) is 17.6 Å². The average Bonchev–Trinajstić information content (AvgIpc) is 2.58. The highest BCUT2D eigenvalue weighted by Gasteiger charge is 2.23. The molecule has 25 heavy (non-hydrogen) atoms. The Morgan fingerprint density at radius 2 is 1.16 bits per heavy atom. The predicted molar refractivity (Wildman–Crippen MR) is 85.9 cm³/mol. The Morgan fingerprint density at radius 3 is 1.56 bits per heavy atom. The van der Waals surface area contributed by atoms with E-state index in [2.05, 4.69) is 0 Å². The van der Waals surface area contributed by atoms with Gasteiger partial charge in [0.05, 0.1) is 0 Å². The van der Waals surface area contributed by atoms with Gasteiger partial charge >= 0.3 is 0 Å². The molecule has 1 saturated heterocycles. The van der Waals surface area contributed by atoms with Gasteiger partial charge in [0.25, 0.3) is 0 Å². The molecule has 0 spiro atoms. The van der Waals surface area contributed by atoms with Crippen LogP contribution in [0.2, 0.25) is 0 Å². The molecule has 3 nitrogen and oxygen atoms in total. The minimum Gasteiger partial charge on any atom is -0.339 e. The van der Waals surface area contributed by atoms with E-state index in [0.29, 0.717) is 24.2 Å². The summed E-state index contributed by atoms with van der Waals surface area (Å²) in [5.41, 5.74) is 1.14. The highest BCUT2D eigenvalue weighted by molar-refractivity contribution is 5.77. The van der Waals surface area contributed by atoms with Crippen molar-refractivity contribution in [1.29, 1.82) is 5.41 Å². The first-order valence-electron chi connectivity index (χ1n) is 7.90. The van der Waals surface area contributed by atoms with Gasteiger partial charge < -0.3 is 9.80 Å². The Hall–Kier alpha value is -2.57. The maximum atomic E-state index is 13.3. The molecule has 1 aliphatic heterocycles. The molecule has 7 heteroatoms. The van der Waals surface area contributed by atoms with E-state index in [9.17, 15) is 17.6 Å². The van der Waals surface area contributed by atoms with Gasteiger partial charge in [-0.2, -0.15) is 0 Å². The molecular weight excluding hydrogens is 334 g/mol. The van der Waals surface area contributed by atoms with Gasteiger partial charge in [0, 0.05) is 26.2 Å². The summed E-state index contributed by atoms with van der Waals surface area (Å²) >= 11 is 0. The van der Waals surface area contributed by atoms with Crippen molar-refractivity contribution in [3.8, 4) is 0 Å². The smallest absolute Gasteiger partial charge is 0.194 e. The summed E-state index contributed by atoms with van der Waals surface area (Å²) in [5, 5.41) is 8.31. The van der Waals surface area contributed by atoms with E-state index in [1.165, 1.54) is 12.1 Å². The van der Waals surface area contributed by atoms with E-state index in [1.54, 1.807) is 9.80 Å². The van der Waals surface area contributed by atoms with E-state index in [-0.39, 0.29) is 19.0 Å². The Morgan fingerprint density at radius 1 is 0.720 bits per heavy atom. The second kappa shape index (κ2) is 7.13. The van der Waals surface area contributed by atoms with Crippen molar-refractivity contribution < 1.29 is 17.6 Å². The third-order valence-electron chi connectivity index (χ3n) is 4.17. The molecule has 0 amide bonds. The number of nitrogens with one attached hydrogen (secondary N) is 1. The number of halogens is 4. The van der Waals surface area contributed by atoms with Crippen LogP contribution in [-0.2, 0) is 13.1 Å². The van der Waals surface area contributed by atoms with E-state index < -0.39 is 23.3 Å². The fraction of sp³-hybridized carbons (Fsp3) is 0.278. The lowest BCUT2D eigenvalue weighted by Crippen LogP contribution is -2.48. The third-order valence-corrected chi connectivity index (χ3v) is 4.17. The number of nitrogens with zero attached hydrogens (tertiary/aromatic N) is 2. The molecule has 0 saturated carbocycles. The SMILES string of the molecule is N=C1N(Cc2ccc(F)c(F)c2)CCCN1Cc1ccc(F)c(F)c1. The van der Waals surface area contributed by atoms with Crippen LogP contribution < -0.4 is 0 Å². The number of rotatable bonds is 4. The molecule has 1 N–H and O–H groups in total. The largest absolute Gasteiger partial charge is 0.339 e. The Kier molecular flexibility index (Phi) is 4.92. The lowest BCUT2D eigenvalue weighted by molar-refractivity contribution is 0.244. The molecule has 0 aliphatic carbocycles. The second-order valence-corrected chi connectivity index (χ2v) is 6.02. The standard InChI is InChI=1S/C18H17F4N3/c19-14-4-2-12(8-16(14)21)10-24-6-1-7-25(18(24)23)11-13-3-5-15(20)17(22)9-13/h2-5,8-9,23H,1,6-7,10-11H2.